The van der Waals surface area contributed by atoms with Crippen molar-refractivity contribution in [2.75, 3.05) is 12.4 Å². The lowest BCUT2D eigenvalue weighted by molar-refractivity contribution is -0.137. The van der Waals surface area contributed by atoms with E-state index in [1.165, 1.54) is 4.90 Å². The van der Waals surface area contributed by atoms with E-state index in [2.05, 4.69) is 5.32 Å². The number of aryl methyl sites for hydroxylation is 2. The highest BCUT2D eigenvalue weighted by atomic mass is 16.5. The summed E-state index contributed by atoms with van der Waals surface area (Å²) in [7, 11) is 1.59. The van der Waals surface area contributed by atoms with Crippen LogP contribution in [0.4, 0.5) is 5.69 Å². The second-order valence-corrected chi connectivity index (χ2v) is 7.59. The molecule has 0 bridgehead atoms. The monoisotopic (exact) mass is 412 g/mol. The van der Waals surface area contributed by atoms with E-state index in [4.69, 9.17) is 4.74 Å². The second kappa shape index (κ2) is 8.48. The third kappa shape index (κ3) is 4.08. The summed E-state index contributed by atoms with van der Waals surface area (Å²) in [4.78, 5) is 28.1. The van der Waals surface area contributed by atoms with E-state index in [1.54, 1.807) is 13.2 Å². The summed E-state index contributed by atoms with van der Waals surface area (Å²) < 4.78 is 5.29. The van der Waals surface area contributed by atoms with Gasteiger partial charge in [-0.3, -0.25) is 14.5 Å². The summed E-state index contributed by atoms with van der Waals surface area (Å²) in [6, 6.07) is 22.6. The highest BCUT2D eigenvalue weighted by Gasteiger charge is 2.39. The molecule has 1 heterocycles. The molecule has 0 spiro atoms. The SMILES string of the molecule is COc1cccc(NC2=C(c3ccc(C)c(C)c3)C(=O)N(Cc3ccccc3)C2=O)c1. The summed E-state index contributed by atoms with van der Waals surface area (Å²) in [5, 5.41) is 3.18. The molecule has 2 amide bonds. The number of rotatable bonds is 6. The van der Waals surface area contributed by atoms with Crippen LogP contribution in [0.15, 0.2) is 78.5 Å². The van der Waals surface area contributed by atoms with Crippen molar-refractivity contribution in [2.24, 2.45) is 0 Å². The van der Waals surface area contributed by atoms with Crippen molar-refractivity contribution in [3.63, 3.8) is 0 Å². The molecule has 156 valence electrons. The van der Waals surface area contributed by atoms with E-state index in [1.807, 2.05) is 80.6 Å². The van der Waals surface area contributed by atoms with Gasteiger partial charge in [-0.2, -0.15) is 0 Å². The number of hydrogen-bond acceptors (Lipinski definition) is 4. The Hall–Kier alpha value is -3.86. The smallest absolute Gasteiger partial charge is 0.278 e. The van der Waals surface area contributed by atoms with E-state index in [9.17, 15) is 9.59 Å². The van der Waals surface area contributed by atoms with Gasteiger partial charge in [0.25, 0.3) is 11.8 Å². The van der Waals surface area contributed by atoms with Crippen LogP contribution < -0.4 is 10.1 Å². The first kappa shape index (κ1) is 20.4. The van der Waals surface area contributed by atoms with Crippen molar-refractivity contribution in [1.29, 1.82) is 0 Å². The lowest BCUT2D eigenvalue weighted by Gasteiger charge is -2.15. The number of carbonyl (C=O) groups is 2. The van der Waals surface area contributed by atoms with Gasteiger partial charge in [0.2, 0.25) is 0 Å². The fourth-order valence-electron chi connectivity index (χ4n) is 3.61. The standard InChI is InChI=1S/C26H24N2O3/c1-17-12-13-20(14-18(17)2)23-24(27-21-10-7-11-22(15-21)31-3)26(30)28(25(23)29)16-19-8-5-4-6-9-19/h4-15,27H,16H2,1-3H3. The number of amides is 2. The summed E-state index contributed by atoms with van der Waals surface area (Å²) in [6.45, 7) is 4.24. The van der Waals surface area contributed by atoms with E-state index >= 15 is 0 Å². The minimum atomic E-state index is -0.343. The van der Waals surface area contributed by atoms with Crippen molar-refractivity contribution in [3.05, 3.63) is 101 Å². The van der Waals surface area contributed by atoms with Gasteiger partial charge in [0.1, 0.15) is 11.4 Å². The number of carbonyl (C=O) groups excluding carboxylic acids is 2. The molecule has 0 radical (unpaired) electrons. The summed E-state index contributed by atoms with van der Waals surface area (Å²) >= 11 is 0. The molecular weight excluding hydrogens is 388 g/mol. The maximum atomic E-state index is 13.4. The van der Waals surface area contributed by atoms with Crippen molar-refractivity contribution >= 4 is 23.1 Å². The topological polar surface area (TPSA) is 58.6 Å². The quantitative estimate of drug-likeness (QED) is 0.596. The minimum Gasteiger partial charge on any atom is -0.497 e. The van der Waals surface area contributed by atoms with Crippen LogP contribution in [-0.4, -0.2) is 23.8 Å². The average Bonchev–Trinajstić information content (AvgIpc) is 3.01. The Morgan fingerprint density at radius 1 is 0.839 bits per heavy atom. The highest BCUT2D eigenvalue weighted by molar-refractivity contribution is 6.36. The Balaban J connectivity index is 1.77. The van der Waals surface area contributed by atoms with Crippen LogP contribution in [0.5, 0.6) is 5.75 Å². The van der Waals surface area contributed by atoms with Crippen LogP contribution in [0, 0.1) is 13.8 Å². The van der Waals surface area contributed by atoms with Crippen LogP contribution in [0.1, 0.15) is 22.3 Å². The minimum absolute atomic E-state index is 0.218. The van der Waals surface area contributed by atoms with Crippen molar-refractivity contribution in [3.8, 4) is 5.75 Å². The van der Waals surface area contributed by atoms with Gasteiger partial charge >= 0.3 is 0 Å². The normalized spacial score (nSPS) is 13.7. The molecule has 1 aliphatic rings. The number of methoxy groups -OCH3 is 1. The van der Waals surface area contributed by atoms with Gasteiger partial charge in [-0.05, 0) is 48.2 Å². The lowest BCUT2D eigenvalue weighted by atomic mass is 9.99. The molecule has 5 heteroatoms. The molecule has 0 saturated heterocycles. The van der Waals surface area contributed by atoms with Gasteiger partial charge in [0.15, 0.2) is 0 Å². The molecule has 0 saturated carbocycles. The maximum Gasteiger partial charge on any atom is 0.278 e. The molecule has 1 aliphatic heterocycles. The third-order valence-corrected chi connectivity index (χ3v) is 5.49. The fourth-order valence-corrected chi connectivity index (χ4v) is 3.61. The average molecular weight is 412 g/mol. The first-order chi connectivity index (χ1) is 15.0. The first-order valence-electron chi connectivity index (χ1n) is 10.1. The molecule has 0 atom stereocenters. The van der Waals surface area contributed by atoms with Crippen molar-refractivity contribution < 1.29 is 14.3 Å². The number of benzene rings is 3. The number of ether oxygens (including phenoxy) is 1. The lowest BCUT2D eigenvalue weighted by Crippen LogP contribution is -2.32. The molecular formula is C26H24N2O3. The molecule has 31 heavy (non-hydrogen) atoms. The Morgan fingerprint density at radius 2 is 1.61 bits per heavy atom. The molecule has 0 aliphatic carbocycles. The van der Waals surface area contributed by atoms with Crippen molar-refractivity contribution in [1.82, 2.24) is 4.90 Å². The van der Waals surface area contributed by atoms with E-state index in [0.29, 0.717) is 17.0 Å². The van der Waals surface area contributed by atoms with E-state index < -0.39 is 0 Å². The fraction of sp³-hybridized carbons (Fsp3) is 0.154. The van der Waals surface area contributed by atoms with E-state index in [0.717, 1.165) is 22.3 Å². The van der Waals surface area contributed by atoms with E-state index in [-0.39, 0.29) is 24.1 Å². The number of imide groups is 1. The van der Waals surface area contributed by atoms with Gasteiger partial charge < -0.3 is 10.1 Å². The van der Waals surface area contributed by atoms with Gasteiger partial charge in [-0.25, -0.2) is 0 Å². The summed E-state index contributed by atoms with van der Waals surface area (Å²) in [6.07, 6.45) is 0. The number of nitrogens with zero attached hydrogens (tertiary/aromatic N) is 1. The Kier molecular flexibility index (Phi) is 5.58. The Labute approximate surface area is 182 Å². The Bertz CT molecular complexity index is 1180. The van der Waals surface area contributed by atoms with Crippen molar-refractivity contribution in [2.45, 2.75) is 20.4 Å². The predicted molar refractivity (Wildman–Crippen MR) is 121 cm³/mol. The van der Waals surface area contributed by atoms with Crippen LogP contribution in [-0.2, 0) is 16.1 Å². The zero-order valence-electron chi connectivity index (χ0n) is 17.8. The van der Waals surface area contributed by atoms with Crippen LogP contribution >= 0.6 is 0 Å². The predicted octanol–water partition coefficient (Wildman–Crippen LogP) is 4.70. The molecule has 0 aromatic heterocycles. The molecule has 4 rings (SSSR count). The molecule has 5 nitrogen and oxygen atoms in total. The largest absolute Gasteiger partial charge is 0.497 e. The summed E-state index contributed by atoms with van der Waals surface area (Å²) in [5.74, 6) is 0.0173. The van der Waals surface area contributed by atoms with Crippen LogP contribution in [0.25, 0.3) is 5.57 Å². The molecule has 0 unspecified atom stereocenters. The molecule has 1 N–H and O–H groups in total. The van der Waals surface area contributed by atoms with Gasteiger partial charge in [0.05, 0.1) is 19.2 Å². The van der Waals surface area contributed by atoms with Gasteiger partial charge in [0, 0.05) is 11.8 Å². The van der Waals surface area contributed by atoms with Crippen LogP contribution in [0.3, 0.4) is 0 Å². The Morgan fingerprint density at radius 3 is 2.32 bits per heavy atom. The number of anilines is 1. The maximum absolute atomic E-state index is 13.4. The first-order valence-corrected chi connectivity index (χ1v) is 10.1. The second-order valence-electron chi connectivity index (χ2n) is 7.59. The number of nitrogens with one attached hydrogen (secondary N) is 1. The zero-order chi connectivity index (χ0) is 22.0. The van der Waals surface area contributed by atoms with Gasteiger partial charge in [-0.15, -0.1) is 0 Å². The molecule has 3 aromatic rings. The molecule has 0 fully saturated rings. The number of hydrogen-bond donors (Lipinski definition) is 1. The van der Waals surface area contributed by atoms with Crippen LogP contribution in [0.2, 0.25) is 0 Å². The van der Waals surface area contributed by atoms with Gasteiger partial charge in [-0.1, -0.05) is 54.6 Å². The summed E-state index contributed by atoms with van der Waals surface area (Å²) in [5.41, 5.74) is 5.15. The highest BCUT2D eigenvalue weighted by Crippen LogP contribution is 2.33. The molecule has 3 aromatic carbocycles. The zero-order valence-corrected chi connectivity index (χ0v) is 17.8. The third-order valence-electron chi connectivity index (χ3n) is 5.49.